The maximum absolute atomic E-state index is 12.6. The Bertz CT molecular complexity index is 946. The number of nitrogens with one attached hydrogen (secondary N) is 1. The molecule has 8 nitrogen and oxygen atoms in total. The lowest BCUT2D eigenvalue weighted by atomic mass is 10.2. The van der Waals surface area contributed by atoms with Gasteiger partial charge in [-0.3, -0.25) is 4.79 Å². The Kier molecular flexibility index (Phi) is 10.3. The lowest BCUT2D eigenvalue weighted by molar-refractivity contribution is -0.148. The summed E-state index contributed by atoms with van der Waals surface area (Å²) in [6, 6.07) is 16.2. The first-order chi connectivity index (χ1) is 15.7. The van der Waals surface area contributed by atoms with E-state index in [9.17, 15) is 19.2 Å². The van der Waals surface area contributed by atoms with Crippen LogP contribution in [0.5, 0.6) is 0 Å². The molecular weight excluding hydrogens is 466 g/mol. The normalized spacial score (nSPS) is 11.7. The number of carbonyl (C=O) groups is 4. The first kappa shape index (κ1) is 26.3. The van der Waals surface area contributed by atoms with E-state index in [-0.39, 0.29) is 12.4 Å². The van der Waals surface area contributed by atoms with Crippen LogP contribution in [0.4, 0.5) is 4.79 Å². The average molecular weight is 492 g/mol. The molecule has 0 aliphatic rings. The van der Waals surface area contributed by atoms with E-state index in [0.29, 0.717) is 17.3 Å². The van der Waals surface area contributed by atoms with E-state index >= 15 is 0 Å². The van der Waals surface area contributed by atoms with Crippen LogP contribution in [0.3, 0.4) is 0 Å². The van der Waals surface area contributed by atoms with E-state index in [0.717, 1.165) is 5.56 Å². The van der Waals surface area contributed by atoms with Gasteiger partial charge in [-0.1, -0.05) is 48.5 Å². The Morgan fingerprint density at radius 3 is 2.15 bits per heavy atom. The van der Waals surface area contributed by atoms with Crippen molar-refractivity contribution < 1.29 is 33.4 Å². The standard InChI is InChI=1S/C23H25NO7S2/c1-23(2,32)21(27)24-18(20(26)29-13-16-9-5-3-6-10-16)14-33-22(28)31-15-30-19(25)17-11-7-4-8-12-17/h3-12,18,32H,13-15H2,1-2H3,(H,24,27)/t18-/m0/s1. The lowest BCUT2D eigenvalue weighted by Gasteiger charge is -2.22. The predicted octanol–water partition coefficient (Wildman–Crippen LogP) is 3.61. The monoisotopic (exact) mass is 491 g/mol. The van der Waals surface area contributed by atoms with Crippen molar-refractivity contribution in [1.29, 1.82) is 0 Å². The van der Waals surface area contributed by atoms with Crippen LogP contribution in [-0.4, -0.2) is 46.5 Å². The fraction of sp³-hybridized carbons (Fsp3) is 0.304. The number of amides is 1. The molecule has 1 atom stereocenters. The van der Waals surface area contributed by atoms with E-state index in [2.05, 4.69) is 17.9 Å². The lowest BCUT2D eigenvalue weighted by Crippen LogP contribution is -2.49. The molecule has 0 radical (unpaired) electrons. The van der Waals surface area contributed by atoms with Gasteiger partial charge in [0.15, 0.2) is 0 Å². The minimum atomic E-state index is -1.11. The highest BCUT2D eigenvalue weighted by atomic mass is 32.2. The Balaban J connectivity index is 1.86. The molecule has 1 amide bonds. The fourth-order valence-corrected chi connectivity index (χ4v) is 3.03. The fourth-order valence-electron chi connectivity index (χ4n) is 2.31. The molecule has 2 aromatic rings. The van der Waals surface area contributed by atoms with Crippen LogP contribution in [0.25, 0.3) is 0 Å². The van der Waals surface area contributed by atoms with Gasteiger partial charge in [0.05, 0.1) is 10.3 Å². The highest BCUT2D eigenvalue weighted by Crippen LogP contribution is 2.15. The zero-order valence-electron chi connectivity index (χ0n) is 18.2. The van der Waals surface area contributed by atoms with E-state index in [1.165, 1.54) is 0 Å². The molecule has 0 aromatic heterocycles. The molecule has 2 rings (SSSR count). The molecule has 176 valence electrons. The molecule has 0 aliphatic heterocycles. The Morgan fingerprint density at radius 1 is 0.939 bits per heavy atom. The van der Waals surface area contributed by atoms with Crippen molar-refractivity contribution >= 4 is 47.5 Å². The van der Waals surface area contributed by atoms with Crippen molar-refractivity contribution in [2.75, 3.05) is 12.5 Å². The van der Waals surface area contributed by atoms with Crippen LogP contribution in [0, 0.1) is 0 Å². The van der Waals surface area contributed by atoms with Gasteiger partial charge in [-0.25, -0.2) is 14.4 Å². The molecule has 0 bridgehead atoms. The van der Waals surface area contributed by atoms with E-state index in [1.54, 1.807) is 56.3 Å². The zero-order chi connectivity index (χ0) is 24.3. The van der Waals surface area contributed by atoms with Crippen molar-refractivity contribution in [3.63, 3.8) is 0 Å². The van der Waals surface area contributed by atoms with Gasteiger partial charge in [0.1, 0.15) is 12.6 Å². The van der Waals surface area contributed by atoms with Gasteiger partial charge < -0.3 is 19.5 Å². The minimum Gasteiger partial charge on any atom is -0.459 e. The second-order valence-corrected chi connectivity index (χ2v) is 9.37. The van der Waals surface area contributed by atoms with Gasteiger partial charge in [0.2, 0.25) is 12.7 Å². The average Bonchev–Trinajstić information content (AvgIpc) is 2.80. The summed E-state index contributed by atoms with van der Waals surface area (Å²) in [6.07, 6.45) is 0. The van der Waals surface area contributed by atoms with E-state index < -0.39 is 40.7 Å². The Morgan fingerprint density at radius 2 is 1.55 bits per heavy atom. The molecule has 0 unspecified atom stereocenters. The first-order valence-electron chi connectivity index (χ1n) is 9.92. The number of thiol groups is 1. The van der Waals surface area contributed by atoms with Crippen molar-refractivity contribution in [1.82, 2.24) is 5.32 Å². The molecule has 0 heterocycles. The number of hydrogen-bond acceptors (Lipinski definition) is 9. The van der Waals surface area contributed by atoms with Gasteiger partial charge in [0, 0.05) is 5.75 Å². The molecule has 10 heteroatoms. The van der Waals surface area contributed by atoms with Crippen LogP contribution in [0.2, 0.25) is 0 Å². The number of carbonyl (C=O) groups excluding carboxylic acids is 4. The van der Waals surface area contributed by atoms with Crippen molar-refractivity contribution in [2.24, 2.45) is 0 Å². The largest absolute Gasteiger partial charge is 0.459 e. The van der Waals surface area contributed by atoms with E-state index in [4.69, 9.17) is 14.2 Å². The maximum atomic E-state index is 12.6. The molecule has 0 saturated heterocycles. The second kappa shape index (κ2) is 12.9. The summed E-state index contributed by atoms with van der Waals surface area (Å²) in [4.78, 5) is 48.7. The Hall–Kier alpha value is -2.98. The summed E-state index contributed by atoms with van der Waals surface area (Å²) in [5.41, 5.74) is 1.09. The third-order valence-electron chi connectivity index (χ3n) is 4.11. The molecule has 0 aliphatic carbocycles. The predicted molar refractivity (Wildman–Crippen MR) is 127 cm³/mol. The number of benzene rings is 2. The summed E-state index contributed by atoms with van der Waals surface area (Å²) >= 11 is 4.84. The van der Waals surface area contributed by atoms with Gasteiger partial charge in [-0.2, -0.15) is 12.6 Å². The molecule has 0 spiro atoms. The number of ether oxygens (including phenoxy) is 3. The summed E-state index contributed by atoms with van der Waals surface area (Å²) in [7, 11) is 0. The van der Waals surface area contributed by atoms with Crippen molar-refractivity contribution in [2.45, 2.75) is 31.2 Å². The third kappa shape index (κ3) is 9.58. The molecule has 2 aromatic carbocycles. The van der Waals surface area contributed by atoms with Crippen LogP contribution in [0.15, 0.2) is 60.7 Å². The topological polar surface area (TPSA) is 108 Å². The summed E-state index contributed by atoms with van der Waals surface area (Å²) in [5, 5.41) is 1.76. The smallest absolute Gasteiger partial charge is 0.370 e. The van der Waals surface area contributed by atoms with Crippen LogP contribution < -0.4 is 5.32 Å². The van der Waals surface area contributed by atoms with Gasteiger partial charge in [-0.05, 0) is 43.3 Å². The number of hydrogen-bond donors (Lipinski definition) is 2. The van der Waals surface area contributed by atoms with E-state index in [1.807, 2.05) is 18.2 Å². The molecule has 1 N–H and O–H groups in total. The highest BCUT2D eigenvalue weighted by molar-refractivity contribution is 8.13. The van der Waals surface area contributed by atoms with Crippen molar-refractivity contribution in [3.05, 3.63) is 71.8 Å². The number of rotatable bonds is 10. The van der Waals surface area contributed by atoms with Gasteiger partial charge >= 0.3 is 17.2 Å². The van der Waals surface area contributed by atoms with Gasteiger partial charge in [-0.15, -0.1) is 0 Å². The summed E-state index contributed by atoms with van der Waals surface area (Å²) in [5.74, 6) is -1.99. The van der Waals surface area contributed by atoms with Crippen LogP contribution >= 0.6 is 24.4 Å². The Labute approximate surface area is 201 Å². The zero-order valence-corrected chi connectivity index (χ0v) is 19.9. The van der Waals surface area contributed by atoms with Crippen LogP contribution in [0.1, 0.15) is 29.8 Å². The molecular formula is C23H25NO7S2. The maximum Gasteiger partial charge on any atom is 0.370 e. The number of thioether (sulfide) groups is 1. The van der Waals surface area contributed by atoms with Gasteiger partial charge in [0.25, 0.3) is 0 Å². The van der Waals surface area contributed by atoms with Crippen molar-refractivity contribution in [3.8, 4) is 0 Å². The second-order valence-electron chi connectivity index (χ2n) is 7.30. The highest BCUT2D eigenvalue weighted by Gasteiger charge is 2.30. The molecule has 33 heavy (non-hydrogen) atoms. The minimum absolute atomic E-state index is 0.0147. The first-order valence-corrected chi connectivity index (χ1v) is 11.4. The third-order valence-corrected chi connectivity index (χ3v) is 5.17. The molecule has 0 fully saturated rings. The summed E-state index contributed by atoms with van der Waals surface area (Å²) in [6.45, 7) is 2.57. The SMILES string of the molecule is CC(C)(S)C(=O)N[C@@H](CSC(=O)OCOC(=O)c1ccccc1)C(=O)OCc1ccccc1. The summed E-state index contributed by atoms with van der Waals surface area (Å²) < 4.78 is 14.0. The molecule has 0 saturated carbocycles. The number of esters is 2. The quantitative estimate of drug-likeness (QED) is 0.295. The van der Waals surface area contributed by atoms with Crippen LogP contribution in [-0.2, 0) is 30.4 Å².